The van der Waals surface area contributed by atoms with Gasteiger partial charge in [-0.3, -0.25) is 0 Å². The van der Waals surface area contributed by atoms with Crippen LogP contribution in [0.1, 0.15) is 34.1 Å². The van der Waals surface area contributed by atoms with E-state index in [9.17, 15) is 13.6 Å². The van der Waals surface area contributed by atoms with Gasteiger partial charge in [-0.15, -0.1) is 6.42 Å². The van der Waals surface area contributed by atoms with Crippen molar-refractivity contribution in [3.8, 4) is 12.3 Å². The summed E-state index contributed by atoms with van der Waals surface area (Å²) in [7, 11) is 0. The summed E-state index contributed by atoms with van der Waals surface area (Å²) in [5.41, 5.74) is -2.08. The molecule has 0 aromatic carbocycles. The van der Waals surface area contributed by atoms with Gasteiger partial charge in [0, 0.05) is 6.42 Å². The summed E-state index contributed by atoms with van der Waals surface area (Å²) >= 11 is 0. The van der Waals surface area contributed by atoms with E-state index in [4.69, 9.17) is 11.2 Å². The fourth-order valence-corrected chi connectivity index (χ4v) is 0.984. The van der Waals surface area contributed by atoms with Gasteiger partial charge in [0.1, 0.15) is 11.1 Å². The molecule has 0 heterocycles. The van der Waals surface area contributed by atoms with Crippen LogP contribution in [0.3, 0.4) is 0 Å². The molecule has 0 aliphatic heterocycles. The Hall–Kier alpha value is -1.31. The molecule has 1 unspecified atom stereocenters. The van der Waals surface area contributed by atoms with Crippen LogP contribution in [0.15, 0.2) is 0 Å². The largest absolute Gasteiger partial charge is 0.444 e. The number of hydrogen-bond donors (Lipinski definition) is 1. The third kappa shape index (κ3) is 6.23. The molecule has 92 valence electrons. The number of nitrogens with one attached hydrogen (secondary N) is 1. The smallest absolute Gasteiger partial charge is 0.408 e. The van der Waals surface area contributed by atoms with Crippen LogP contribution in [0.4, 0.5) is 13.6 Å². The van der Waals surface area contributed by atoms with Crippen molar-refractivity contribution in [2.45, 2.75) is 51.7 Å². The summed E-state index contributed by atoms with van der Waals surface area (Å²) in [4.78, 5) is 11.3. The number of alkyl carbamates (subject to hydrolysis) is 1. The van der Waals surface area contributed by atoms with Crippen molar-refractivity contribution in [3.05, 3.63) is 0 Å². The first-order valence-electron chi connectivity index (χ1n) is 4.85. The zero-order valence-electron chi connectivity index (χ0n) is 9.93. The van der Waals surface area contributed by atoms with Crippen molar-refractivity contribution in [1.82, 2.24) is 5.32 Å². The first-order valence-corrected chi connectivity index (χ1v) is 4.85. The van der Waals surface area contributed by atoms with E-state index in [1.54, 1.807) is 20.8 Å². The van der Waals surface area contributed by atoms with Crippen LogP contribution in [0.5, 0.6) is 0 Å². The number of alkyl halides is 2. The van der Waals surface area contributed by atoms with Gasteiger partial charge < -0.3 is 10.1 Å². The van der Waals surface area contributed by atoms with Crippen molar-refractivity contribution in [2.24, 2.45) is 0 Å². The summed E-state index contributed by atoms with van der Waals surface area (Å²) in [5, 5.41) is 2.25. The summed E-state index contributed by atoms with van der Waals surface area (Å²) < 4.78 is 29.4. The van der Waals surface area contributed by atoms with Crippen molar-refractivity contribution >= 4 is 6.09 Å². The predicted molar refractivity (Wildman–Crippen MR) is 57.2 cm³/mol. The average Bonchev–Trinajstić information content (AvgIpc) is 1.98. The molecule has 0 radical (unpaired) electrons. The highest BCUT2D eigenvalue weighted by molar-refractivity contribution is 5.69. The van der Waals surface area contributed by atoms with Crippen LogP contribution in [-0.2, 0) is 4.74 Å². The molecule has 0 bridgehead atoms. The van der Waals surface area contributed by atoms with E-state index in [-0.39, 0.29) is 0 Å². The second-order valence-electron chi connectivity index (χ2n) is 4.70. The van der Waals surface area contributed by atoms with Gasteiger partial charge in [-0.1, -0.05) is 5.92 Å². The Morgan fingerprint density at radius 1 is 1.44 bits per heavy atom. The first-order chi connectivity index (χ1) is 7.08. The average molecular weight is 233 g/mol. The number of carbonyl (C=O) groups excluding carboxylic acids is 1. The van der Waals surface area contributed by atoms with Crippen LogP contribution in [0.2, 0.25) is 0 Å². The predicted octanol–water partition coefficient (Wildman–Crippen LogP) is 2.56. The van der Waals surface area contributed by atoms with Gasteiger partial charge in [-0.05, 0) is 27.7 Å². The maximum atomic E-state index is 12.2. The Balaban J connectivity index is 4.45. The normalized spacial score (nSPS) is 15.1. The minimum absolute atomic E-state index is 0.608. The molecule has 0 aromatic heterocycles. The molecule has 5 heteroatoms. The number of ether oxygens (including phenoxy) is 1. The number of hydrogen-bond acceptors (Lipinski definition) is 2. The molecule has 1 amide bonds. The van der Waals surface area contributed by atoms with Crippen molar-refractivity contribution < 1.29 is 18.3 Å². The van der Waals surface area contributed by atoms with Gasteiger partial charge in [-0.2, -0.15) is 0 Å². The molecule has 1 N–H and O–H groups in total. The lowest BCUT2D eigenvalue weighted by atomic mass is 10.00. The highest BCUT2D eigenvalue weighted by Crippen LogP contribution is 2.16. The lowest BCUT2D eigenvalue weighted by Gasteiger charge is -2.27. The van der Waals surface area contributed by atoms with Gasteiger partial charge in [-0.25, -0.2) is 13.6 Å². The molecule has 1 atom stereocenters. The van der Waals surface area contributed by atoms with E-state index in [1.165, 1.54) is 6.92 Å². The lowest BCUT2D eigenvalue weighted by molar-refractivity contribution is 0.0442. The summed E-state index contributed by atoms with van der Waals surface area (Å²) in [6.07, 6.45) is 1.12. The SMILES string of the molecule is C#CC(C)(CC(F)F)NC(=O)OC(C)(C)C. The van der Waals surface area contributed by atoms with Crippen LogP contribution >= 0.6 is 0 Å². The molecule has 0 aromatic rings. The van der Waals surface area contributed by atoms with E-state index in [0.717, 1.165) is 0 Å². The van der Waals surface area contributed by atoms with Crippen LogP contribution < -0.4 is 5.32 Å². The van der Waals surface area contributed by atoms with E-state index in [2.05, 4.69) is 11.2 Å². The van der Waals surface area contributed by atoms with Gasteiger partial charge in [0.25, 0.3) is 0 Å². The topological polar surface area (TPSA) is 38.3 Å². The fourth-order valence-electron chi connectivity index (χ4n) is 0.984. The van der Waals surface area contributed by atoms with E-state index >= 15 is 0 Å². The summed E-state index contributed by atoms with van der Waals surface area (Å²) in [5.74, 6) is 2.13. The minimum atomic E-state index is -2.59. The Labute approximate surface area is 94.5 Å². The maximum Gasteiger partial charge on any atom is 0.408 e. The first kappa shape index (κ1) is 14.7. The van der Waals surface area contributed by atoms with E-state index in [1.807, 2.05) is 0 Å². The Bertz CT molecular complexity index is 291. The molecule has 0 saturated heterocycles. The molecule has 3 nitrogen and oxygen atoms in total. The van der Waals surface area contributed by atoms with Crippen LogP contribution in [0, 0.1) is 12.3 Å². The zero-order valence-corrected chi connectivity index (χ0v) is 9.93. The number of rotatable bonds is 3. The lowest BCUT2D eigenvalue weighted by Crippen LogP contribution is -2.48. The summed E-state index contributed by atoms with van der Waals surface area (Å²) in [6.45, 7) is 6.37. The number of amides is 1. The zero-order chi connectivity index (χ0) is 13.0. The molecule has 0 aliphatic rings. The minimum Gasteiger partial charge on any atom is -0.444 e. The molecule has 16 heavy (non-hydrogen) atoms. The number of halogens is 2. The highest BCUT2D eigenvalue weighted by Gasteiger charge is 2.30. The number of terminal acetylenes is 1. The monoisotopic (exact) mass is 233 g/mol. The third-order valence-electron chi connectivity index (χ3n) is 1.66. The molecule has 0 spiro atoms. The molecule has 0 saturated carbocycles. The molecular formula is C11H17F2NO2. The molecule has 0 aliphatic carbocycles. The molecule has 0 fully saturated rings. The van der Waals surface area contributed by atoms with Crippen LogP contribution in [-0.4, -0.2) is 23.7 Å². The summed E-state index contributed by atoms with van der Waals surface area (Å²) in [6, 6.07) is 0. The highest BCUT2D eigenvalue weighted by atomic mass is 19.3. The van der Waals surface area contributed by atoms with Gasteiger partial charge >= 0.3 is 6.09 Å². The maximum absolute atomic E-state index is 12.2. The van der Waals surface area contributed by atoms with Crippen molar-refractivity contribution in [3.63, 3.8) is 0 Å². The second-order valence-corrected chi connectivity index (χ2v) is 4.70. The Morgan fingerprint density at radius 3 is 2.25 bits per heavy atom. The quantitative estimate of drug-likeness (QED) is 0.761. The third-order valence-corrected chi connectivity index (χ3v) is 1.66. The van der Waals surface area contributed by atoms with Crippen molar-refractivity contribution in [2.75, 3.05) is 0 Å². The Kier molecular flexibility index (Phi) is 4.73. The Morgan fingerprint density at radius 2 is 1.94 bits per heavy atom. The van der Waals surface area contributed by atoms with E-state index < -0.39 is 30.1 Å². The number of carbonyl (C=O) groups is 1. The van der Waals surface area contributed by atoms with Crippen LogP contribution in [0.25, 0.3) is 0 Å². The standard InChI is InChI=1S/C11H17F2NO2/c1-6-11(5,7-8(12)13)14-9(15)16-10(2,3)4/h1,8H,7H2,2-5H3,(H,14,15). The molecular weight excluding hydrogens is 216 g/mol. The van der Waals surface area contributed by atoms with E-state index in [0.29, 0.717) is 0 Å². The second kappa shape index (κ2) is 5.15. The van der Waals surface area contributed by atoms with Gasteiger partial charge in [0.05, 0.1) is 0 Å². The fraction of sp³-hybridized carbons (Fsp3) is 0.727. The molecule has 0 rings (SSSR count). The van der Waals surface area contributed by atoms with Crippen molar-refractivity contribution in [1.29, 1.82) is 0 Å². The van der Waals surface area contributed by atoms with Gasteiger partial charge in [0.2, 0.25) is 6.43 Å². The van der Waals surface area contributed by atoms with Gasteiger partial charge in [0.15, 0.2) is 0 Å².